The number of hydrogen-bond donors (Lipinski definition) is 1. The van der Waals surface area contributed by atoms with Crippen molar-refractivity contribution in [1.29, 1.82) is 0 Å². The maximum absolute atomic E-state index is 5.78. The lowest BCUT2D eigenvalue weighted by Crippen LogP contribution is -2.57. The van der Waals surface area contributed by atoms with Gasteiger partial charge < -0.3 is 4.74 Å². The van der Waals surface area contributed by atoms with E-state index in [4.69, 9.17) is 10.6 Å². The lowest BCUT2D eigenvalue weighted by atomic mass is 9.88. The van der Waals surface area contributed by atoms with E-state index in [1.165, 1.54) is 12.8 Å². The number of morpholine rings is 1. The Labute approximate surface area is 86.0 Å². The van der Waals surface area contributed by atoms with Gasteiger partial charge in [0, 0.05) is 31.7 Å². The molecule has 0 atom stereocenters. The first-order valence-corrected chi connectivity index (χ1v) is 5.53. The molecule has 0 saturated carbocycles. The Morgan fingerprint density at radius 2 is 1.64 bits per heavy atom. The van der Waals surface area contributed by atoms with Gasteiger partial charge in [-0.3, -0.25) is 10.7 Å². The minimum absolute atomic E-state index is 0.361. The number of ether oxygens (including phenoxy) is 1. The summed E-state index contributed by atoms with van der Waals surface area (Å²) >= 11 is 0. The fourth-order valence-electron chi connectivity index (χ4n) is 2.43. The summed E-state index contributed by atoms with van der Waals surface area (Å²) in [6.07, 6.45) is 2.37. The van der Waals surface area contributed by atoms with E-state index in [1.807, 2.05) is 5.01 Å². The van der Waals surface area contributed by atoms with Crippen LogP contribution in [-0.4, -0.2) is 54.8 Å². The van der Waals surface area contributed by atoms with E-state index in [1.54, 1.807) is 0 Å². The summed E-state index contributed by atoms with van der Waals surface area (Å²) in [5.41, 5.74) is 0.361. The van der Waals surface area contributed by atoms with Crippen molar-refractivity contribution >= 4 is 0 Å². The summed E-state index contributed by atoms with van der Waals surface area (Å²) in [6.45, 7) is 8.36. The van der Waals surface area contributed by atoms with Gasteiger partial charge in [0.15, 0.2) is 0 Å². The van der Waals surface area contributed by atoms with E-state index >= 15 is 0 Å². The highest BCUT2D eigenvalue weighted by atomic mass is 16.5. The predicted molar refractivity (Wildman–Crippen MR) is 55.8 cm³/mol. The topological polar surface area (TPSA) is 41.7 Å². The quantitative estimate of drug-likeness (QED) is 0.606. The highest BCUT2D eigenvalue weighted by Crippen LogP contribution is 2.27. The van der Waals surface area contributed by atoms with Gasteiger partial charge >= 0.3 is 0 Å². The Morgan fingerprint density at radius 3 is 2.21 bits per heavy atom. The number of piperidine rings is 1. The maximum Gasteiger partial charge on any atom is 0.0594 e. The number of hydrazine groups is 1. The highest BCUT2D eigenvalue weighted by molar-refractivity contribution is 4.91. The largest absolute Gasteiger partial charge is 0.379 e. The maximum atomic E-state index is 5.78. The SMILES string of the molecule is CC1(N2CCOCC2)CCN(N)CC1. The number of nitrogens with zero attached hydrogens (tertiary/aromatic N) is 2. The first kappa shape index (κ1) is 10.4. The first-order valence-electron chi connectivity index (χ1n) is 5.53. The van der Waals surface area contributed by atoms with Crippen LogP contribution in [0, 0.1) is 0 Å². The van der Waals surface area contributed by atoms with E-state index in [-0.39, 0.29) is 0 Å². The molecule has 0 unspecified atom stereocenters. The monoisotopic (exact) mass is 199 g/mol. The molecule has 2 N–H and O–H groups in total. The van der Waals surface area contributed by atoms with Gasteiger partial charge in [0.2, 0.25) is 0 Å². The molecular formula is C10H21N3O. The van der Waals surface area contributed by atoms with Gasteiger partial charge in [-0.2, -0.15) is 0 Å². The summed E-state index contributed by atoms with van der Waals surface area (Å²) in [6, 6.07) is 0. The van der Waals surface area contributed by atoms with Crippen LogP contribution in [0.15, 0.2) is 0 Å². The standard InChI is InChI=1S/C10H21N3O/c1-10(2-4-13(11)5-3-10)12-6-8-14-9-7-12/h2-9,11H2,1H3. The molecule has 0 aromatic heterocycles. The average molecular weight is 199 g/mol. The Balaban J connectivity index is 1.93. The van der Waals surface area contributed by atoms with E-state index < -0.39 is 0 Å². The third kappa shape index (κ3) is 2.08. The molecule has 4 heteroatoms. The van der Waals surface area contributed by atoms with Crippen molar-refractivity contribution in [2.75, 3.05) is 39.4 Å². The van der Waals surface area contributed by atoms with Crippen LogP contribution in [0.2, 0.25) is 0 Å². The van der Waals surface area contributed by atoms with Crippen molar-refractivity contribution in [1.82, 2.24) is 9.91 Å². The molecule has 82 valence electrons. The smallest absolute Gasteiger partial charge is 0.0594 e. The number of nitrogens with two attached hydrogens (primary N) is 1. The first-order chi connectivity index (χ1) is 6.71. The molecule has 0 aliphatic carbocycles. The van der Waals surface area contributed by atoms with Crippen LogP contribution in [0.5, 0.6) is 0 Å². The molecule has 0 amide bonds. The summed E-state index contributed by atoms with van der Waals surface area (Å²) in [5, 5.41) is 1.93. The second kappa shape index (κ2) is 4.14. The third-order valence-electron chi connectivity index (χ3n) is 3.65. The summed E-state index contributed by atoms with van der Waals surface area (Å²) in [7, 11) is 0. The molecule has 0 spiro atoms. The van der Waals surface area contributed by atoms with Crippen molar-refractivity contribution in [3.8, 4) is 0 Å². The predicted octanol–water partition coefficient (Wildman–Crippen LogP) is 0.0468. The van der Waals surface area contributed by atoms with Gasteiger partial charge in [-0.05, 0) is 19.8 Å². The zero-order valence-electron chi connectivity index (χ0n) is 9.04. The van der Waals surface area contributed by atoms with E-state index in [9.17, 15) is 0 Å². The van der Waals surface area contributed by atoms with E-state index in [0.717, 1.165) is 39.4 Å². The van der Waals surface area contributed by atoms with Crippen LogP contribution in [0.1, 0.15) is 19.8 Å². The Bertz CT molecular complexity index is 184. The van der Waals surface area contributed by atoms with Crippen LogP contribution < -0.4 is 5.84 Å². The minimum Gasteiger partial charge on any atom is -0.379 e. The molecular weight excluding hydrogens is 178 g/mol. The molecule has 0 bridgehead atoms. The van der Waals surface area contributed by atoms with Crippen molar-refractivity contribution in [2.24, 2.45) is 5.84 Å². The Hall–Kier alpha value is -0.160. The fraction of sp³-hybridized carbons (Fsp3) is 1.00. The highest BCUT2D eigenvalue weighted by Gasteiger charge is 2.35. The van der Waals surface area contributed by atoms with Crippen LogP contribution >= 0.6 is 0 Å². The van der Waals surface area contributed by atoms with Crippen LogP contribution in [0.25, 0.3) is 0 Å². The lowest BCUT2D eigenvalue weighted by Gasteiger charge is -2.47. The molecule has 4 nitrogen and oxygen atoms in total. The van der Waals surface area contributed by atoms with Gasteiger partial charge in [-0.15, -0.1) is 0 Å². The summed E-state index contributed by atoms with van der Waals surface area (Å²) in [4.78, 5) is 2.57. The van der Waals surface area contributed by atoms with Crippen molar-refractivity contribution in [2.45, 2.75) is 25.3 Å². The average Bonchev–Trinajstić information content (AvgIpc) is 2.24. The molecule has 2 saturated heterocycles. The zero-order chi connectivity index (χ0) is 10.0. The van der Waals surface area contributed by atoms with Gasteiger partial charge in [0.05, 0.1) is 13.2 Å². The molecule has 0 radical (unpaired) electrons. The third-order valence-corrected chi connectivity index (χ3v) is 3.65. The molecule has 14 heavy (non-hydrogen) atoms. The molecule has 0 aromatic rings. The minimum atomic E-state index is 0.361. The lowest BCUT2D eigenvalue weighted by molar-refractivity contribution is -0.0398. The van der Waals surface area contributed by atoms with Crippen molar-refractivity contribution in [3.05, 3.63) is 0 Å². The molecule has 2 fully saturated rings. The Morgan fingerprint density at radius 1 is 1.07 bits per heavy atom. The van der Waals surface area contributed by atoms with Crippen molar-refractivity contribution in [3.63, 3.8) is 0 Å². The zero-order valence-corrected chi connectivity index (χ0v) is 9.04. The van der Waals surface area contributed by atoms with E-state index in [0.29, 0.717) is 5.54 Å². The molecule has 0 aromatic carbocycles. The van der Waals surface area contributed by atoms with Crippen molar-refractivity contribution < 1.29 is 4.74 Å². The summed E-state index contributed by atoms with van der Waals surface area (Å²) < 4.78 is 5.38. The van der Waals surface area contributed by atoms with Crippen LogP contribution in [0.3, 0.4) is 0 Å². The number of rotatable bonds is 1. The molecule has 2 aliphatic rings. The number of hydrogen-bond acceptors (Lipinski definition) is 4. The van der Waals surface area contributed by atoms with Crippen LogP contribution in [0.4, 0.5) is 0 Å². The molecule has 2 aliphatic heterocycles. The second-order valence-electron chi connectivity index (χ2n) is 4.63. The fourth-order valence-corrected chi connectivity index (χ4v) is 2.43. The van der Waals surface area contributed by atoms with E-state index in [2.05, 4.69) is 11.8 Å². The second-order valence-corrected chi connectivity index (χ2v) is 4.63. The van der Waals surface area contributed by atoms with Gasteiger partial charge in [0.25, 0.3) is 0 Å². The molecule has 2 heterocycles. The van der Waals surface area contributed by atoms with Gasteiger partial charge in [-0.25, -0.2) is 5.01 Å². The van der Waals surface area contributed by atoms with Gasteiger partial charge in [0.1, 0.15) is 0 Å². The normalized spacial score (nSPS) is 30.4. The van der Waals surface area contributed by atoms with Crippen LogP contribution in [-0.2, 0) is 4.74 Å². The Kier molecular flexibility index (Phi) is 3.07. The molecule has 2 rings (SSSR count). The van der Waals surface area contributed by atoms with Gasteiger partial charge in [-0.1, -0.05) is 0 Å². The summed E-state index contributed by atoms with van der Waals surface area (Å²) in [5.74, 6) is 5.78.